The van der Waals surface area contributed by atoms with Gasteiger partial charge in [0.2, 0.25) is 0 Å². The lowest BCUT2D eigenvalue weighted by Crippen LogP contribution is -2.49. The molecule has 2 aromatic rings. The van der Waals surface area contributed by atoms with E-state index in [-0.39, 0.29) is 17.5 Å². The number of aromatic nitrogens is 2. The van der Waals surface area contributed by atoms with Gasteiger partial charge in [-0.15, -0.1) is 0 Å². The Morgan fingerprint density at radius 2 is 2.11 bits per heavy atom. The summed E-state index contributed by atoms with van der Waals surface area (Å²) < 4.78 is 0. The molecule has 27 heavy (non-hydrogen) atoms. The summed E-state index contributed by atoms with van der Waals surface area (Å²) in [5, 5.41) is 0. The van der Waals surface area contributed by atoms with Gasteiger partial charge in [-0.25, -0.2) is 4.98 Å². The lowest BCUT2D eigenvalue weighted by molar-refractivity contribution is 0.0640. The smallest absolute Gasteiger partial charge is 0.273 e. The predicted octanol–water partition coefficient (Wildman–Crippen LogP) is 1.27. The number of benzene rings is 1. The fourth-order valence-electron chi connectivity index (χ4n) is 4.44. The van der Waals surface area contributed by atoms with Crippen LogP contribution in [0.5, 0.6) is 0 Å². The molecule has 0 radical (unpaired) electrons. The van der Waals surface area contributed by atoms with Crippen molar-refractivity contribution in [1.29, 1.82) is 0 Å². The van der Waals surface area contributed by atoms with E-state index in [1.54, 1.807) is 0 Å². The number of aromatic amines is 1. The highest BCUT2D eigenvalue weighted by atomic mass is 16.2. The highest BCUT2D eigenvalue weighted by Crippen LogP contribution is 2.34. The molecule has 3 N–H and O–H groups in total. The minimum Gasteiger partial charge on any atom is -0.337 e. The number of carbonyl (C=O) groups excluding carboxylic acids is 1. The first-order valence-electron chi connectivity index (χ1n) is 9.57. The Morgan fingerprint density at radius 1 is 1.30 bits per heavy atom. The van der Waals surface area contributed by atoms with Gasteiger partial charge >= 0.3 is 0 Å². The van der Waals surface area contributed by atoms with Crippen LogP contribution in [-0.2, 0) is 0 Å². The molecule has 7 heteroatoms. The number of hydrazine groups is 1. The van der Waals surface area contributed by atoms with Crippen molar-refractivity contribution in [3.05, 3.63) is 64.3 Å². The molecule has 0 bridgehead atoms. The Bertz CT molecular complexity index is 832. The van der Waals surface area contributed by atoms with Crippen LogP contribution in [0.4, 0.5) is 0 Å². The van der Waals surface area contributed by atoms with Crippen LogP contribution >= 0.6 is 0 Å². The highest BCUT2D eigenvalue weighted by Gasteiger charge is 2.44. The molecule has 2 fully saturated rings. The summed E-state index contributed by atoms with van der Waals surface area (Å²) in [7, 11) is 0. The zero-order valence-corrected chi connectivity index (χ0v) is 15.4. The fourth-order valence-corrected chi connectivity index (χ4v) is 4.44. The summed E-state index contributed by atoms with van der Waals surface area (Å²) >= 11 is 0. The van der Waals surface area contributed by atoms with E-state index in [9.17, 15) is 9.59 Å². The van der Waals surface area contributed by atoms with E-state index >= 15 is 0 Å². The lowest BCUT2D eigenvalue weighted by atomic mass is 9.78. The number of nitrogens with zero attached hydrogens (tertiary/aromatic N) is 2. The average Bonchev–Trinajstić information content (AvgIpc) is 3.12. The molecule has 3 heterocycles. The molecule has 0 aliphatic carbocycles. The van der Waals surface area contributed by atoms with Crippen LogP contribution in [0.15, 0.2) is 47.5 Å². The average molecular weight is 367 g/mol. The third-order valence-corrected chi connectivity index (χ3v) is 5.83. The van der Waals surface area contributed by atoms with Crippen LogP contribution < -0.4 is 16.4 Å². The van der Waals surface area contributed by atoms with Gasteiger partial charge in [-0.05, 0) is 18.4 Å². The first-order chi connectivity index (χ1) is 13.2. The first-order valence-corrected chi connectivity index (χ1v) is 9.57. The number of H-pyrrole nitrogens is 1. The Labute approximate surface area is 158 Å². The molecule has 2 aliphatic rings. The number of hydrogen-bond acceptors (Lipinski definition) is 5. The molecule has 4 atom stereocenters. The van der Waals surface area contributed by atoms with E-state index in [1.165, 1.54) is 11.8 Å². The maximum atomic E-state index is 12.8. The summed E-state index contributed by atoms with van der Waals surface area (Å²) in [6.07, 6.45) is 4.48. The summed E-state index contributed by atoms with van der Waals surface area (Å²) in [4.78, 5) is 32.4. The predicted molar refractivity (Wildman–Crippen MR) is 102 cm³/mol. The van der Waals surface area contributed by atoms with Gasteiger partial charge < -0.3 is 9.88 Å². The summed E-state index contributed by atoms with van der Waals surface area (Å²) in [5.41, 5.74) is 8.27. The number of piperidine rings is 1. The molecular formula is C20H25N5O2. The van der Waals surface area contributed by atoms with Gasteiger partial charge in [0, 0.05) is 43.2 Å². The van der Waals surface area contributed by atoms with Gasteiger partial charge in [0.15, 0.2) is 0 Å². The molecule has 0 saturated carbocycles. The summed E-state index contributed by atoms with van der Waals surface area (Å²) in [6, 6.07) is 11.2. The van der Waals surface area contributed by atoms with Crippen molar-refractivity contribution in [3.8, 4) is 0 Å². The molecule has 2 saturated heterocycles. The van der Waals surface area contributed by atoms with E-state index < -0.39 is 0 Å². The first kappa shape index (κ1) is 17.9. The molecule has 4 rings (SSSR count). The zero-order chi connectivity index (χ0) is 18.8. The Kier molecular flexibility index (Phi) is 5.05. The van der Waals surface area contributed by atoms with Gasteiger partial charge in [0.1, 0.15) is 5.69 Å². The standard InChI is InChI=1S/C20H25N5O2/c1-2-14(13-6-4-3-5-7-13)19-15-12-25(9-8-16(15)23-24-19)20(27)17-10-22-18(26)11-21-17/h3-7,10-11,14-16,19,23-24H,2,8-9,12H2,1H3,(H,22,26). The molecule has 1 aromatic carbocycles. The van der Waals surface area contributed by atoms with Crippen molar-refractivity contribution in [2.75, 3.05) is 13.1 Å². The number of carbonyl (C=O) groups is 1. The van der Waals surface area contributed by atoms with E-state index in [2.05, 4.69) is 52.0 Å². The molecule has 1 amide bonds. The third-order valence-electron chi connectivity index (χ3n) is 5.83. The van der Waals surface area contributed by atoms with Crippen molar-refractivity contribution < 1.29 is 4.79 Å². The van der Waals surface area contributed by atoms with Gasteiger partial charge in [-0.2, -0.15) is 0 Å². The van der Waals surface area contributed by atoms with Gasteiger partial charge in [-0.1, -0.05) is 37.3 Å². The quantitative estimate of drug-likeness (QED) is 0.757. The van der Waals surface area contributed by atoms with Crippen LogP contribution in [0, 0.1) is 5.92 Å². The molecule has 2 aliphatic heterocycles. The summed E-state index contributed by atoms with van der Waals surface area (Å²) in [6.45, 7) is 3.57. The number of likely N-dealkylation sites (tertiary alicyclic amines) is 1. The van der Waals surface area contributed by atoms with Crippen molar-refractivity contribution in [1.82, 2.24) is 25.7 Å². The van der Waals surface area contributed by atoms with E-state index in [0.717, 1.165) is 19.0 Å². The normalized spacial score (nSPS) is 25.8. The number of rotatable bonds is 4. The monoisotopic (exact) mass is 367 g/mol. The molecule has 4 unspecified atom stereocenters. The van der Waals surface area contributed by atoms with Gasteiger partial charge in [-0.3, -0.25) is 20.4 Å². The topological polar surface area (TPSA) is 90.1 Å². The van der Waals surface area contributed by atoms with Crippen molar-refractivity contribution in [2.45, 2.75) is 37.8 Å². The van der Waals surface area contributed by atoms with Crippen LogP contribution in [0.2, 0.25) is 0 Å². The van der Waals surface area contributed by atoms with Crippen LogP contribution in [0.1, 0.15) is 41.7 Å². The number of hydrogen-bond donors (Lipinski definition) is 3. The maximum absolute atomic E-state index is 12.8. The van der Waals surface area contributed by atoms with Crippen molar-refractivity contribution in [2.24, 2.45) is 5.92 Å². The number of amides is 1. The maximum Gasteiger partial charge on any atom is 0.273 e. The van der Waals surface area contributed by atoms with Crippen LogP contribution in [-0.4, -0.2) is 45.9 Å². The summed E-state index contributed by atoms with van der Waals surface area (Å²) in [5.74, 6) is 0.591. The van der Waals surface area contributed by atoms with E-state index in [4.69, 9.17) is 0 Å². The SMILES string of the molecule is CCC(c1ccccc1)C1NNC2CCN(C(=O)c3c[nH]c(=O)cn3)CC21. The van der Waals surface area contributed by atoms with Crippen LogP contribution in [0.25, 0.3) is 0 Å². The van der Waals surface area contributed by atoms with Gasteiger partial charge in [0.25, 0.3) is 11.5 Å². The molecule has 1 aromatic heterocycles. The zero-order valence-electron chi connectivity index (χ0n) is 15.4. The molecular weight excluding hydrogens is 342 g/mol. The minimum absolute atomic E-state index is 0.122. The lowest BCUT2D eigenvalue weighted by Gasteiger charge is -2.38. The Balaban J connectivity index is 1.52. The fraction of sp³-hybridized carbons (Fsp3) is 0.450. The number of fused-ring (bicyclic) bond motifs is 1. The Hall–Kier alpha value is -2.51. The minimum atomic E-state index is -0.303. The highest BCUT2D eigenvalue weighted by molar-refractivity contribution is 5.92. The number of nitrogens with one attached hydrogen (secondary N) is 3. The Morgan fingerprint density at radius 3 is 2.81 bits per heavy atom. The van der Waals surface area contributed by atoms with E-state index in [1.807, 2.05) is 11.0 Å². The second-order valence-electron chi connectivity index (χ2n) is 7.35. The van der Waals surface area contributed by atoms with E-state index in [0.29, 0.717) is 36.7 Å². The largest absolute Gasteiger partial charge is 0.337 e. The van der Waals surface area contributed by atoms with Crippen molar-refractivity contribution in [3.63, 3.8) is 0 Å². The molecule has 142 valence electrons. The second-order valence-corrected chi connectivity index (χ2v) is 7.35. The molecule has 0 spiro atoms. The molecule has 7 nitrogen and oxygen atoms in total. The van der Waals surface area contributed by atoms with Gasteiger partial charge in [0.05, 0.1) is 6.20 Å². The van der Waals surface area contributed by atoms with Crippen molar-refractivity contribution >= 4 is 5.91 Å². The van der Waals surface area contributed by atoms with Crippen LogP contribution in [0.3, 0.4) is 0 Å². The third kappa shape index (κ3) is 3.52. The second kappa shape index (κ2) is 7.62.